The van der Waals surface area contributed by atoms with Crippen LogP contribution in [0.4, 0.5) is 0 Å². The highest BCUT2D eigenvalue weighted by Crippen LogP contribution is 2.25. The number of rotatable bonds is 1. The van der Waals surface area contributed by atoms with Gasteiger partial charge >= 0.3 is 0 Å². The van der Waals surface area contributed by atoms with Gasteiger partial charge in [-0.05, 0) is 6.07 Å². The summed E-state index contributed by atoms with van der Waals surface area (Å²) in [7, 11) is 0. The van der Waals surface area contributed by atoms with Crippen LogP contribution in [0.3, 0.4) is 0 Å². The van der Waals surface area contributed by atoms with E-state index in [0.29, 0.717) is 0 Å². The molecule has 0 amide bonds. The first-order valence-corrected chi connectivity index (χ1v) is 4.69. The molecular formula is C11H9N3O. The van der Waals surface area contributed by atoms with Gasteiger partial charge < -0.3 is 4.98 Å². The summed E-state index contributed by atoms with van der Waals surface area (Å²) in [5.74, 6) is 0. The molecule has 0 aliphatic heterocycles. The van der Waals surface area contributed by atoms with Gasteiger partial charge in [-0.15, -0.1) is 0 Å². The lowest BCUT2D eigenvalue weighted by atomic mass is 10.1. The Morgan fingerprint density at radius 1 is 1.07 bits per heavy atom. The molecule has 0 unspecified atom stereocenters. The van der Waals surface area contributed by atoms with Gasteiger partial charge in [0.1, 0.15) is 0 Å². The van der Waals surface area contributed by atoms with Crippen molar-refractivity contribution in [3.63, 3.8) is 0 Å². The van der Waals surface area contributed by atoms with Crippen LogP contribution >= 0.6 is 0 Å². The molecule has 15 heavy (non-hydrogen) atoms. The van der Waals surface area contributed by atoms with Crippen LogP contribution in [0.5, 0.6) is 0 Å². The Bertz CT molecular complexity index is 659. The molecule has 2 aromatic heterocycles. The molecule has 4 nitrogen and oxygen atoms in total. The van der Waals surface area contributed by atoms with Crippen molar-refractivity contribution in [2.75, 3.05) is 0 Å². The Morgan fingerprint density at radius 2 is 1.93 bits per heavy atom. The molecule has 0 saturated carbocycles. The molecule has 0 atom stereocenters. The van der Waals surface area contributed by atoms with Gasteiger partial charge in [0.2, 0.25) is 0 Å². The highest BCUT2D eigenvalue weighted by atomic mass is 16.1. The summed E-state index contributed by atoms with van der Waals surface area (Å²) < 4.78 is 0. The van der Waals surface area contributed by atoms with E-state index >= 15 is 0 Å². The van der Waals surface area contributed by atoms with Crippen molar-refractivity contribution in [2.24, 2.45) is 0 Å². The lowest BCUT2D eigenvalue weighted by Crippen LogP contribution is -1.93. The summed E-state index contributed by atoms with van der Waals surface area (Å²) in [5, 5.41) is 6.47. The Labute approximate surface area is 84.9 Å². The van der Waals surface area contributed by atoms with Gasteiger partial charge in [-0.25, -0.2) is 0 Å². The van der Waals surface area contributed by atoms with Crippen molar-refractivity contribution in [1.29, 1.82) is 0 Å². The third-order valence-corrected chi connectivity index (χ3v) is 2.48. The number of para-hydroxylation sites is 1. The topological polar surface area (TPSA) is 64.4 Å². The van der Waals surface area contributed by atoms with E-state index in [1.54, 1.807) is 6.07 Å². The van der Waals surface area contributed by atoms with Crippen LogP contribution in [0.1, 0.15) is 0 Å². The minimum atomic E-state index is -0.115. The number of aromatic nitrogens is 3. The standard InChI is InChI=1S/C11H9N3O/c15-11-5-10(13-14-11)8-6-12-9-4-2-1-3-7(8)9/h1-6,12H,(H2,13,14,15). The minimum Gasteiger partial charge on any atom is -0.360 e. The third kappa shape index (κ3) is 1.19. The van der Waals surface area contributed by atoms with Crippen LogP contribution in [-0.2, 0) is 0 Å². The van der Waals surface area contributed by atoms with E-state index in [2.05, 4.69) is 15.2 Å². The second-order valence-corrected chi connectivity index (χ2v) is 3.42. The first kappa shape index (κ1) is 8.11. The van der Waals surface area contributed by atoms with Gasteiger partial charge in [0.15, 0.2) is 0 Å². The highest BCUT2D eigenvalue weighted by molar-refractivity contribution is 5.94. The fourth-order valence-electron chi connectivity index (χ4n) is 1.77. The number of aromatic amines is 3. The summed E-state index contributed by atoms with van der Waals surface area (Å²) in [6, 6.07) is 9.53. The lowest BCUT2D eigenvalue weighted by molar-refractivity contribution is 1.06. The van der Waals surface area contributed by atoms with Gasteiger partial charge in [0.05, 0.1) is 5.69 Å². The van der Waals surface area contributed by atoms with Crippen molar-refractivity contribution < 1.29 is 0 Å². The lowest BCUT2D eigenvalue weighted by Gasteiger charge is -1.93. The summed E-state index contributed by atoms with van der Waals surface area (Å²) in [6.45, 7) is 0. The van der Waals surface area contributed by atoms with E-state index in [9.17, 15) is 4.79 Å². The fourth-order valence-corrected chi connectivity index (χ4v) is 1.77. The monoisotopic (exact) mass is 199 g/mol. The maximum atomic E-state index is 11.0. The third-order valence-electron chi connectivity index (χ3n) is 2.48. The van der Waals surface area contributed by atoms with E-state index in [0.717, 1.165) is 22.2 Å². The Kier molecular flexibility index (Phi) is 1.56. The van der Waals surface area contributed by atoms with Crippen molar-refractivity contribution in [3.05, 3.63) is 46.9 Å². The maximum Gasteiger partial charge on any atom is 0.264 e. The molecule has 0 bridgehead atoms. The Balaban J connectivity index is 2.32. The van der Waals surface area contributed by atoms with E-state index < -0.39 is 0 Å². The number of fused-ring (bicyclic) bond motifs is 1. The average molecular weight is 199 g/mol. The highest BCUT2D eigenvalue weighted by Gasteiger charge is 2.06. The van der Waals surface area contributed by atoms with Gasteiger partial charge in [0, 0.05) is 28.7 Å². The molecule has 0 fully saturated rings. The van der Waals surface area contributed by atoms with Crippen LogP contribution in [0.2, 0.25) is 0 Å². The molecule has 2 heterocycles. The predicted octanol–water partition coefficient (Wildman–Crippen LogP) is 1.85. The van der Waals surface area contributed by atoms with Crippen molar-refractivity contribution in [3.8, 4) is 11.3 Å². The predicted molar refractivity (Wildman–Crippen MR) is 58.7 cm³/mol. The number of H-pyrrole nitrogens is 3. The Morgan fingerprint density at radius 3 is 2.73 bits per heavy atom. The summed E-state index contributed by atoms with van der Waals surface area (Å²) in [5.41, 5.74) is 2.76. The van der Waals surface area contributed by atoms with Crippen LogP contribution in [0, 0.1) is 0 Å². The van der Waals surface area contributed by atoms with Gasteiger partial charge in [0.25, 0.3) is 5.56 Å². The van der Waals surface area contributed by atoms with Gasteiger partial charge in [-0.1, -0.05) is 18.2 Å². The zero-order valence-corrected chi connectivity index (χ0v) is 7.87. The zero-order chi connectivity index (χ0) is 10.3. The SMILES string of the molecule is O=c1cc(-c2c[nH]c3ccccc23)[nH][nH]1. The number of hydrogen-bond acceptors (Lipinski definition) is 1. The maximum absolute atomic E-state index is 11.0. The van der Waals surface area contributed by atoms with E-state index in [1.165, 1.54) is 0 Å². The van der Waals surface area contributed by atoms with Crippen LogP contribution in [0.25, 0.3) is 22.2 Å². The van der Waals surface area contributed by atoms with Crippen molar-refractivity contribution >= 4 is 10.9 Å². The number of hydrogen-bond donors (Lipinski definition) is 3. The Hall–Kier alpha value is -2.23. The van der Waals surface area contributed by atoms with Crippen LogP contribution < -0.4 is 5.56 Å². The average Bonchev–Trinajstić information content (AvgIpc) is 2.83. The first-order valence-electron chi connectivity index (χ1n) is 4.69. The summed E-state index contributed by atoms with van der Waals surface area (Å²) >= 11 is 0. The molecular weight excluding hydrogens is 190 g/mol. The van der Waals surface area contributed by atoms with Crippen LogP contribution in [0.15, 0.2) is 41.3 Å². The van der Waals surface area contributed by atoms with Crippen LogP contribution in [-0.4, -0.2) is 15.2 Å². The van der Waals surface area contributed by atoms with E-state index in [-0.39, 0.29) is 5.56 Å². The molecule has 1 aromatic carbocycles. The molecule has 3 N–H and O–H groups in total. The number of benzene rings is 1. The second-order valence-electron chi connectivity index (χ2n) is 3.42. The molecule has 0 spiro atoms. The smallest absolute Gasteiger partial charge is 0.264 e. The minimum absolute atomic E-state index is 0.115. The van der Waals surface area contributed by atoms with Gasteiger partial charge in [-0.2, -0.15) is 0 Å². The second kappa shape index (κ2) is 2.88. The largest absolute Gasteiger partial charge is 0.360 e. The molecule has 4 heteroatoms. The zero-order valence-electron chi connectivity index (χ0n) is 7.87. The molecule has 0 radical (unpaired) electrons. The molecule has 3 aromatic rings. The van der Waals surface area contributed by atoms with Gasteiger partial charge in [-0.3, -0.25) is 15.0 Å². The molecule has 74 valence electrons. The molecule has 0 aliphatic carbocycles. The number of nitrogens with one attached hydrogen (secondary N) is 3. The van der Waals surface area contributed by atoms with Crippen molar-refractivity contribution in [2.45, 2.75) is 0 Å². The molecule has 3 rings (SSSR count). The normalized spacial score (nSPS) is 10.9. The summed E-state index contributed by atoms with van der Waals surface area (Å²) in [6.07, 6.45) is 1.89. The van der Waals surface area contributed by atoms with Crippen molar-refractivity contribution in [1.82, 2.24) is 15.2 Å². The first-order chi connectivity index (χ1) is 7.34. The quantitative estimate of drug-likeness (QED) is 0.550. The van der Waals surface area contributed by atoms with E-state index in [4.69, 9.17) is 0 Å². The summed E-state index contributed by atoms with van der Waals surface area (Å²) in [4.78, 5) is 14.2. The fraction of sp³-hybridized carbons (Fsp3) is 0. The molecule has 0 aliphatic rings. The molecule has 0 saturated heterocycles. The van der Waals surface area contributed by atoms with E-state index in [1.807, 2.05) is 30.5 Å².